The molecule has 0 spiro atoms. The largest absolute Gasteiger partial charge is 0.356 e. The van der Waals surface area contributed by atoms with Gasteiger partial charge < -0.3 is 9.84 Å². The Kier molecular flexibility index (Phi) is 4.25. The molecule has 3 aromatic heterocycles. The molecule has 0 saturated carbocycles. The molecule has 1 N–H and O–H groups in total. The molecule has 5 aromatic rings. The first-order valence-electron chi connectivity index (χ1n) is 8.96. The van der Waals surface area contributed by atoms with Crippen LogP contribution >= 0.6 is 0 Å². The van der Waals surface area contributed by atoms with Crippen LogP contribution in [-0.4, -0.2) is 30.6 Å². The third-order valence-electron chi connectivity index (χ3n) is 4.49. The summed E-state index contributed by atoms with van der Waals surface area (Å²) in [5, 5.41) is 10.6. The molecule has 0 bridgehead atoms. The van der Waals surface area contributed by atoms with E-state index in [2.05, 4.69) is 25.5 Å². The maximum absolute atomic E-state index is 13.3. The van der Waals surface area contributed by atoms with E-state index in [1.165, 1.54) is 23.0 Å². The lowest BCUT2D eigenvalue weighted by atomic mass is 10.1. The van der Waals surface area contributed by atoms with Gasteiger partial charge in [0, 0.05) is 22.9 Å². The zero-order chi connectivity index (χ0) is 20.5. The second-order valence-electron chi connectivity index (χ2n) is 6.41. The Hall–Kier alpha value is -4.40. The lowest BCUT2D eigenvalue weighted by Crippen LogP contribution is -2.17. The number of carbonyl (C=O) groups excluding carboxylic acids is 1. The fraction of sp³-hybridized carbons (Fsp3) is 0. The van der Waals surface area contributed by atoms with Gasteiger partial charge in [-0.2, -0.15) is 14.6 Å². The average molecular weight is 400 g/mol. The predicted molar refractivity (Wildman–Crippen MR) is 106 cm³/mol. The van der Waals surface area contributed by atoms with Crippen molar-refractivity contribution in [2.75, 3.05) is 5.32 Å². The Morgan fingerprint density at radius 2 is 1.77 bits per heavy atom. The molecule has 3 heterocycles. The Morgan fingerprint density at radius 1 is 1.00 bits per heavy atom. The molecule has 0 atom stereocenters. The number of hydrogen-bond donors (Lipinski definition) is 1. The van der Waals surface area contributed by atoms with E-state index in [1.54, 1.807) is 42.6 Å². The van der Waals surface area contributed by atoms with Gasteiger partial charge in [-0.3, -0.25) is 4.79 Å². The topological polar surface area (TPSA) is 98.2 Å². The van der Waals surface area contributed by atoms with Gasteiger partial charge in [-0.05, 0) is 54.6 Å². The summed E-state index contributed by atoms with van der Waals surface area (Å²) in [7, 11) is 0. The van der Waals surface area contributed by atoms with Crippen molar-refractivity contribution in [3.8, 4) is 22.6 Å². The number of nitrogens with zero attached hydrogens (tertiary/aromatic N) is 5. The van der Waals surface area contributed by atoms with Crippen molar-refractivity contribution >= 4 is 17.4 Å². The lowest BCUT2D eigenvalue weighted by Gasteiger charge is -2.09. The van der Waals surface area contributed by atoms with Crippen molar-refractivity contribution in [1.82, 2.24) is 24.7 Å². The van der Waals surface area contributed by atoms with Gasteiger partial charge in [0.1, 0.15) is 17.8 Å². The molecule has 0 aliphatic carbocycles. The molecule has 2 aromatic carbocycles. The number of nitrogens with one attached hydrogen (secondary N) is 1. The van der Waals surface area contributed by atoms with Gasteiger partial charge in [-0.15, -0.1) is 0 Å². The summed E-state index contributed by atoms with van der Waals surface area (Å²) in [6.07, 6.45) is 2.89. The van der Waals surface area contributed by atoms with Crippen LogP contribution in [0.5, 0.6) is 0 Å². The Bertz CT molecular complexity index is 1330. The summed E-state index contributed by atoms with van der Waals surface area (Å²) in [5.74, 6) is 0.163. The standard InChI is InChI=1S/C21H13FN6O2/c22-15-5-1-13(2-6-15)17-11-18(28-21(27-17)23-12-24-28)20(29)26-16-7-3-14(4-8-16)19-9-10-25-30-19/h1-12H,(H,26,29). The quantitative estimate of drug-likeness (QED) is 0.492. The van der Waals surface area contributed by atoms with Crippen molar-refractivity contribution in [1.29, 1.82) is 0 Å². The molecule has 0 unspecified atom stereocenters. The molecular formula is C21H13FN6O2. The number of carbonyl (C=O) groups is 1. The molecule has 9 heteroatoms. The van der Waals surface area contributed by atoms with Crippen LogP contribution in [0.25, 0.3) is 28.4 Å². The highest BCUT2D eigenvalue weighted by Gasteiger charge is 2.16. The van der Waals surface area contributed by atoms with Crippen LogP contribution in [0.15, 0.2) is 77.7 Å². The number of hydrogen-bond acceptors (Lipinski definition) is 6. The molecule has 5 rings (SSSR count). The molecule has 8 nitrogen and oxygen atoms in total. The summed E-state index contributed by atoms with van der Waals surface area (Å²) in [5.41, 5.74) is 2.83. The summed E-state index contributed by atoms with van der Waals surface area (Å²) >= 11 is 0. The van der Waals surface area contributed by atoms with Crippen molar-refractivity contribution in [2.24, 2.45) is 0 Å². The maximum Gasteiger partial charge on any atom is 0.274 e. The minimum atomic E-state index is -0.385. The summed E-state index contributed by atoms with van der Waals surface area (Å²) < 4.78 is 19.7. The molecule has 0 radical (unpaired) electrons. The van der Waals surface area contributed by atoms with Crippen LogP contribution < -0.4 is 5.32 Å². The number of rotatable bonds is 4. The second kappa shape index (κ2) is 7.21. The van der Waals surface area contributed by atoms with Gasteiger partial charge in [0.15, 0.2) is 5.76 Å². The highest BCUT2D eigenvalue weighted by molar-refractivity contribution is 6.04. The Morgan fingerprint density at radius 3 is 2.50 bits per heavy atom. The van der Waals surface area contributed by atoms with E-state index < -0.39 is 0 Å². The van der Waals surface area contributed by atoms with Crippen LogP contribution in [0.3, 0.4) is 0 Å². The molecule has 0 aliphatic heterocycles. The van der Waals surface area contributed by atoms with E-state index in [1.807, 2.05) is 12.1 Å². The van der Waals surface area contributed by atoms with Crippen LogP contribution in [-0.2, 0) is 0 Å². The molecule has 0 saturated heterocycles. The fourth-order valence-electron chi connectivity index (χ4n) is 3.02. The number of benzene rings is 2. The van der Waals surface area contributed by atoms with E-state index in [4.69, 9.17) is 4.52 Å². The van der Waals surface area contributed by atoms with E-state index in [9.17, 15) is 9.18 Å². The zero-order valence-electron chi connectivity index (χ0n) is 15.4. The lowest BCUT2D eigenvalue weighted by molar-refractivity contribution is 0.102. The molecule has 0 aliphatic rings. The first kappa shape index (κ1) is 17.7. The SMILES string of the molecule is O=C(Nc1ccc(-c2ccno2)cc1)c1cc(-c2ccc(F)cc2)nc2ncnn12. The average Bonchev–Trinajstić information content (AvgIpc) is 3.46. The monoisotopic (exact) mass is 400 g/mol. The van der Waals surface area contributed by atoms with E-state index in [-0.39, 0.29) is 23.2 Å². The summed E-state index contributed by atoms with van der Waals surface area (Å²) in [6.45, 7) is 0. The van der Waals surface area contributed by atoms with Crippen molar-refractivity contribution in [3.63, 3.8) is 0 Å². The third kappa shape index (κ3) is 3.28. The van der Waals surface area contributed by atoms with Gasteiger partial charge in [0.05, 0.1) is 11.9 Å². The third-order valence-corrected chi connectivity index (χ3v) is 4.49. The van der Waals surface area contributed by atoms with Crippen molar-refractivity contribution in [2.45, 2.75) is 0 Å². The zero-order valence-corrected chi connectivity index (χ0v) is 15.4. The highest BCUT2D eigenvalue weighted by Crippen LogP contribution is 2.23. The van der Waals surface area contributed by atoms with E-state index in [0.717, 1.165) is 5.56 Å². The number of fused-ring (bicyclic) bond motifs is 1. The molecule has 30 heavy (non-hydrogen) atoms. The predicted octanol–water partition coefficient (Wildman–Crippen LogP) is 3.84. The minimum Gasteiger partial charge on any atom is -0.356 e. The Balaban J connectivity index is 1.47. The summed E-state index contributed by atoms with van der Waals surface area (Å²) in [4.78, 5) is 21.4. The number of halogens is 1. The van der Waals surface area contributed by atoms with Crippen LogP contribution in [0.4, 0.5) is 10.1 Å². The van der Waals surface area contributed by atoms with Crippen molar-refractivity contribution < 1.29 is 13.7 Å². The summed E-state index contributed by atoms with van der Waals surface area (Å²) in [6, 6.07) is 16.4. The minimum absolute atomic E-state index is 0.246. The normalized spacial score (nSPS) is 11.0. The number of anilines is 1. The van der Waals surface area contributed by atoms with E-state index in [0.29, 0.717) is 22.7 Å². The van der Waals surface area contributed by atoms with Gasteiger partial charge in [0.25, 0.3) is 11.7 Å². The van der Waals surface area contributed by atoms with Crippen molar-refractivity contribution in [3.05, 3.63) is 84.7 Å². The van der Waals surface area contributed by atoms with Crippen LogP contribution in [0, 0.1) is 5.82 Å². The smallest absolute Gasteiger partial charge is 0.274 e. The first-order valence-corrected chi connectivity index (χ1v) is 8.96. The molecule has 1 amide bonds. The fourth-order valence-corrected chi connectivity index (χ4v) is 3.02. The molecular weight excluding hydrogens is 387 g/mol. The van der Waals surface area contributed by atoms with Gasteiger partial charge in [-0.1, -0.05) is 5.16 Å². The highest BCUT2D eigenvalue weighted by atomic mass is 19.1. The number of amides is 1. The maximum atomic E-state index is 13.3. The second-order valence-corrected chi connectivity index (χ2v) is 6.41. The number of aromatic nitrogens is 5. The molecule has 0 fully saturated rings. The van der Waals surface area contributed by atoms with Crippen LogP contribution in [0.1, 0.15) is 10.5 Å². The van der Waals surface area contributed by atoms with Gasteiger partial charge in [-0.25, -0.2) is 9.37 Å². The first-order chi connectivity index (χ1) is 14.7. The Labute approximate surface area is 169 Å². The van der Waals surface area contributed by atoms with Crippen LogP contribution in [0.2, 0.25) is 0 Å². The van der Waals surface area contributed by atoms with Gasteiger partial charge in [0.2, 0.25) is 0 Å². The van der Waals surface area contributed by atoms with Gasteiger partial charge >= 0.3 is 0 Å². The molecule has 146 valence electrons. The van der Waals surface area contributed by atoms with E-state index >= 15 is 0 Å².